The minimum Gasteiger partial charge on any atom is -0.456 e. The highest BCUT2D eigenvalue weighted by atomic mass is 16.3. The summed E-state index contributed by atoms with van der Waals surface area (Å²) in [5.74, 6) is 0.694. The molecule has 0 aliphatic heterocycles. The molecule has 0 amide bonds. The van der Waals surface area contributed by atoms with Crippen molar-refractivity contribution in [1.82, 2.24) is 14.1 Å². The van der Waals surface area contributed by atoms with Crippen LogP contribution in [0.15, 0.2) is 199 Å². The van der Waals surface area contributed by atoms with Crippen LogP contribution in [0.1, 0.15) is 73.4 Å². The first-order chi connectivity index (χ1) is 35.8. The fraction of sp³-hybridized carbons (Fsp3) is 0.143. The van der Waals surface area contributed by atoms with Crippen LogP contribution < -0.4 is 4.57 Å². The maximum Gasteiger partial charge on any atom is 0.269 e. The summed E-state index contributed by atoms with van der Waals surface area (Å²) in [5.41, 5.74) is 10.9. The number of para-hydroxylation sites is 5. The Morgan fingerprint density at radius 2 is 1.25 bits per heavy atom. The molecule has 5 nitrogen and oxygen atoms in total. The van der Waals surface area contributed by atoms with Crippen LogP contribution in [-0.4, -0.2) is 14.1 Å². The molecule has 4 aromatic heterocycles. The van der Waals surface area contributed by atoms with E-state index in [1.54, 1.807) is 6.20 Å². The summed E-state index contributed by atoms with van der Waals surface area (Å²) in [5, 5.41) is 3.80. The summed E-state index contributed by atoms with van der Waals surface area (Å²) < 4.78 is 76.6. The molecule has 330 valence electrons. The Morgan fingerprint density at radius 3 is 2.03 bits per heavy atom. The number of hydrogen-bond donors (Lipinski definition) is 0. The van der Waals surface area contributed by atoms with Gasteiger partial charge in [-0.25, -0.2) is 4.98 Å². The molecule has 0 bridgehead atoms. The van der Waals surface area contributed by atoms with Gasteiger partial charge in [-0.05, 0) is 98.1 Å². The molecule has 0 saturated heterocycles. The molecule has 0 spiro atoms. The van der Waals surface area contributed by atoms with Crippen LogP contribution in [0, 0.1) is 6.33 Å². The average Bonchev–Trinajstić information content (AvgIpc) is 4.10. The number of pyridine rings is 1. The van der Waals surface area contributed by atoms with Crippen molar-refractivity contribution in [1.29, 1.82) is 0 Å². The second-order valence-electron chi connectivity index (χ2n) is 19.6. The van der Waals surface area contributed by atoms with Gasteiger partial charge < -0.3 is 4.42 Å². The highest BCUT2D eigenvalue weighted by molar-refractivity contribution is 6.13. The minimum atomic E-state index is -1.99. The molecule has 4 heterocycles. The molecule has 0 atom stereocenters. The molecule has 0 N–H and O–H groups in total. The van der Waals surface area contributed by atoms with Crippen molar-refractivity contribution < 1.29 is 18.6 Å². The van der Waals surface area contributed by atoms with Crippen molar-refractivity contribution >= 4 is 54.8 Å². The molecule has 0 aliphatic carbocycles. The van der Waals surface area contributed by atoms with E-state index in [4.69, 9.17) is 13.5 Å². The third-order valence-corrected chi connectivity index (χ3v) is 13.1. The third kappa shape index (κ3) is 7.00. The van der Waals surface area contributed by atoms with Gasteiger partial charge in [0, 0.05) is 25.1 Å². The lowest BCUT2D eigenvalue weighted by Crippen LogP contribution is -2.31. The summed E-state index contributed by atoms with van der Waals surface area (Å²) in [6.07, 6.45) is 3.42. The van der Waals surface area contributed by atoms with E-state index in [-0.39, 0.29) is 28.5 Å². The number of hydrogen-bond acceptors (Lipinski definition) is 2. The fourth-order valence-corrected chi connectivity index (χ4v) is 9.66. The van der Waals surface area contributed by atoms with Crippen LogP contribution in [0.2, 0.25) is 0 Å². The second kappa shape index (κ2) is 15.8. The average molecular weight is 888 g/mol. The van der Waals surface area contributed by atoms with Crippen molar-refractivity contribution in [2.45, 2.75) is 58.7 Å². The largest absolute Gasteiger partial charge is 0.456 e. The first-order valence-corrected chi connectivity index (χ1v) is 23.0. The molecule has 12 aromatic rings. The molecule has 8 aromatic carbocycles. The van der Waals surface area contributed by atoms with Crippen LogP contribution >= 0.6 is 0 Å². The van der Waals surface area contributed by atoms with Crippen molar-refractivity contribution in [3.63, 3.8) is 0 Å². The summed E-state index contributed by atoms with van der Waals surface area (Å²) in [6, 6.07) is 49.6. The number of nitrogens with zero attached hydrogens (tertiary/aromatic N) is 4. The van der Waals surface area contributed by atoms with E-state index in [2.05, 4.69) is 82.8 Å². The highest BCUT2D eigenvalue weighted by Gasteiger charge is 2.25. The molecule has 68 heavy (non-hydrogen) atoms. The van der Waals surface area contributed by atoms with Crippen LogP contribution in [0.5, 0.6) is 0 Å². The predicted molar refractivity (Wildman–Crippen MR) is 281 cm³/mol. The van der Waals surface area contributed by atoms with Gasteiger partial charge in [0.15, 0.2) is 0 Å². The van der Waals surface area contributed by atoms with E-state index < -0.39 is 24.5 Å². The Balaban J connectivity index is 1.05. The highest BCUT2D eigenvalue weighted by Crippen LogP contribution is 2.41. The fourth-order valence-electron chi connectivity index (χ4n) is 9.66. The smallest absolute Gasteiger partial charge is 0.269 e. The zero-order valence-electron chi connectivity index (χ0n) is 45.8. The zero-order chi connectivity index (χ0) is 52.5. The number of furan rings is 1. The van der Waals surface area contributed by atoms with Crippen LogP contribution in [0.3, 0.4) is 0 Å². The van der Waals surface area contributed by atoms with Crippen molar-refractivity contribution in [2.24, 2.45) is 0 Å². The van der Waals surface area contributed by atoms with Gasteiger partial charge in [0.25, 0.3) is 6.33 Å². The number of imidazole rings is 1. The first kappa shape index (κ1) is 34.3. The molecule has 0 saturated carbocycles. The van der Waals surface area contributed by atoms with Crippen LogP contribution in [-0.2, 0) is 17.2 Å². The van der Waals surface area contributed by atoms with Gasteiger partial charge in [-0.1, -0.05) is 193 Å². The second-order valence-corrected chi connectivity index (χ2v) is 19.6. The van der Waals surface area contributed by atoms with Crippen LogP contribution in [0.25, 0.3) is 94.2 Å². The Hall–Kier alpha value is -8.02. The lowest BCUT2D eigenvalue weighted by Gasteiger charge is -2.27. The number of fused-ring (bicyclic) bond motifs is 7. The Kier molecular flexibility index (Phi) is 7.98. The first-order valence-electron chi connectivity index (χ1n) is 26.5. The predicted octanol–water partition coefficient (Wildman–Crippen LogP) is 15.6. The van der Waals surface area contributed by atoms with Gasteiger partial charge in [0.05, 0.1) is 45.7 Å². The Bertz CT molecular complexity index is 4260. The maximum atomic E-state index is 9.95. The third-order valence-electron chi connectivity index (χ3n) is 13.1. The van der Waals surface area contributed by atoms with Gasteiger partial charge >= 0.3 is 0 Å². The van der Waals surface area contributed by atoms with E-state index in [0.717, 1.165) is 71.4 Å². The molecule has 0 unspecified atom stereocenters. The SMILES string of the molecule is [2H]c1c([2H])c([2H])c(-c2cccc(-c3cc(C(C)(C)C)cc(C(C)(C)C)c3)c2-[n+]2[c-]n(-c3cccc(C([2H])([2H])c4ccc5c6ccccc6n(-c6nccc7oc8ccccc8c67)c5c4)c3)c3ccccc32)c([2H])c1[2H]. The standard InChI is InChI=1S/C63H52N4O/c1-62(2,3)45-37-44(38-46(39-45)63(4,5)6)49-25-17-24-48(43-19-8-7-9-20-43)60(49)66-40-65(54-27-13-14-28-55(54)66)47-21-16-18-41(35-47)34-42-30-31-51-50-22-10-12-26-53(50)67(56(51)36-42)61-59-52-23-11-15-29-57(52)68-58(59)32-33-64-61/h7-33,35-39H,34H2,1-6H3/i7D,8D,9D,19D,20D,34D2. The van der Waals surface area contributed by atoms with E-state index in [0.29, 0.717) is 39.5 Å². The molecule has 0 radical (unpaired) electrons. The molecule has 0 aliphatic rings. The summed E-state index contributed by atoms with van der Waals surface area (Å²) in [4.78, 5) is 4.97. The van der Waals surface area contributed by atoms with E-state index in [1.807, 2.05) is 137 Å². The van der Waals surface area contributed by atoms with Gasteiger partial charge in [0.2, 0.25) is 0 Å². The van der Waals surface area contributed by atoms with Crippen molar-refractivity contribution in [2.75, 3.05) is 0 Å². The van der Waals surface area contributed by atoms with Gasteiger partial charge in [-0.15, -0.1) is 0 Å². The lowest BCUT2D eigenvalue weighted by molar-refractivity contribution is -0.571. The number of benzene rings is 8. The van der Waals surface area contributed by atoms with Gasteiger partial charge in [-0.3, -0.25) is 13.7 Å². The molecular formula is C63H52N4O. The normalized spacial score (nSPS) is 14.0. The molecule has 12 rings (SSSR count). The van der Waals surface area contributed by atoms with Crippen molar-refractivity contribution in [3.8, 4) is 39.4 Å². The van der Waals surface area contributed by atoms with E-state index in [1.165, 1.54) is 0 Å². The van der Waals surface area contributed by atoms with E-state index >= 15 is 0 Å². The van der Waals surface area contributed by atoms with Crippen molar-refractivity contribution in [3.05, 3.63) is 223 Å². The molecule has 0 fully saturated rings. The van der Waals surface area contributed by atoms with Gasteiger partial charge in [-0.2, -0.15) is 0 Å². The Labute approximate surface area is 407 Å². The monoisotopic (exact) mass is 887 g/mol. The Morgan fingerprint density at radius 1 is 0.588 bits per heavy atom. The molecule has 5 heteroatoms. The quantitative estimate of drug-likeness (QED) is 0.118. The summed E-state index contributed by atoms with van der Waals surface area (Å²) >= 11 is 0. The van der Waals surface area contributed by atoms with E-state index in [9.17, 15) is 5.48 Å². The minimum absolute atomic E-state index is 0.0791. The zero-order valence-corrected chi connectivity index (χ0v) is 38.8. The molecular weight excluding hydrogens is 829 g/mol. The lowest BCUT2D eigenvalue weighted by atomic mass is 9.78. The number of rotatable bonds is 7. The van der Waals surface area contributed by atoms with Gasteiger partial charge in [0.1, 0.15) is 17.0 Å². The topological polar surface area (TPSA) is 39.8 Å². The van der Waals surface area contributed by atoms with Crippen LogP contribution in [0.4, 0.5) is 0 Å². The summed E-state index contributed by atoms with van der Waals surface area (Å²) in [7, 11) is 0. The number of aromatic nitrogens is 4. The summed E-state index contributed by atoms with van der Waals surface area (Å²) in [6.45, 7) is 13.1. The maximum absolute atomic E-state index is 9.95.